The molecule has 1 aromatic carbocycles. The summed E-state index contributed by atoms with van der Waals surface area (Å²) in [5.74, 6) is 0.509. The lowest BCUT2D eigenvalue weighted by atomic mass is 10.0. The van der Waals surface area contributed by atoms with Gasteiger partial charge >= 0.3 is 0 Å². The van der Waals surface area contributed by atoms with Crippen molar-refractivity contribution >= 4 is 45.0 Å². The van der Waals surface area contributed by atoms with Gasteiger partial charge in [-0.1, -0.05) is 29.3 Å². The SMILES string of the molecule is Cc1c(NCc2ccc(Cl)c(Cl)c2)ncnc1C(=O)N1CCC(N2CCC(N(C)S(C)(=O)=O)C2)CC1. The molecule has 2 saturated heterocycles. The second-order valence-electron chi connectivity index (χ2n) is 9.54. The Bertz CT molecular complexity index is 1220. The molecule has 2 fully saturated rings. The molecule has 9 nitrogen and oxygen atoms in total. The molecule has 2 aromatic rings. The fraction of sp³-hybridized carbons (Fsp3) is 0.542. The van der Waals surface area contributed by atoms with Crippen LogP contribution in [-0.2, 0) is 16.6 Å². The van der Waals surface area contributed by atoms with E-state index in [9.17, 15) is 13.2 Å². The van der Waals surface area contributed by atoms with Gasteiger partial charge in [0.2, 0.25) is 10.0 Å². The highest BCUT2D eigenvalue weighted by Crippen LogP contribution is 2.26. The number of nitrogens with zero attached hydrogens (tertiary/aromatic N) is 5. The molecule has 1 atom stereocenters. The minimum absolute atomic E-state index is 0.0122. The number of carbonyl (C=O) groups excluding carboxylic acids is 1. The van der Waals surface area contributed by atoms with Crippen LogP contribution in [0.25, 0.3) is 0 Å². The molecule has 0 aliphatic carbocycles. The lowest BCUT2D eigenvalue weighted by molar-refractivity contribution is 0.0633. The average molecular weight is 556 g/mol. The van der Waals surface area contributed by atoms with Crippen LogP contribution in [0.2, 0.25) is 10.0 Å². The Morgan fingerprint density at radius 3 is 2.53 bits per heavy atom. The van der Waals surface area contributed by atoms with E-state index in [4.69, 9.17) is 23.2 Å². The van der Waals surface area contributed by atoms with E-state index < -0.39 is 10.0 Å². The Labute approximate surface area is 222 Å². The summed E-state index contributed by atoms with van der Waals surface area (Å²) in [5.41, 5.74) is 2.05. The van der Waals surface area contributed by atoms with Crippen molar-refractivity contribution in [2.75, 3.05) is 44.8 Å². The van der Waals surface area contributed by atoms with Crippen molar-refractivity contribution in [3.63, 3.8) is 0 Å². The first-order valence-electron chi connectivity index (χ1n) is 12.0. The molecular formula is C24H32Cl2N6O3S. The molecule has 0 saturated carbocycles. The molecule has 1 aromatic heterocycles. The third kappa shape index (κ3) is 6.11. The molecule has 3 heterocycles. The number of piperidine rings is 1. The molecular weight excluding hydrogens is 523 g/mol. The van der Waals surface area contributed by atoms with Crippen molar-refractivity contribution < 1.29 is 13.2 Å². The van der Waals surface area contributed by atoms with Crippen LogP contribution in [0.5, 0.6) is 0 Å². The minimum Gasteiger partial charge on any atom is -0.366 e. The molecule has 36 heavy (non-hydrogen) atoms. The van der Waals surface area contributed by atoms with Gasteiger partial charge < -0.3 is 10.2 Å². The fourth-order valence-corrected chi connectivity index (χ4v) is 5.96. The fourth-order valence-electron chi connectivity index (χ4n) is 4.93. The van der Waals surface area contributed by atoms with Gasteiger partial charge in [0.05, 0.1) is 16.3 Å². The summed E-state index contributed by atoms with van der Waals surface area (Å²) in [4.78, 5) is 26.1. The molecule has 4 rings (SSSR count). The number of carbonyl (C=O) groups is 1. The van der Waals surface area contributed by atoms with E-state index in [0.717, 1.165) is 37.9 Å². The molecule has 12 heteroatoms. The number of benzene rings is 1. The van der Waals surface area contributed by atoms with Crippen molar-refractivity contribution in [1.82, 2.24) is 24.1 Å². The molecule has 0 bridgehead atoms. The Hall–Kier alpha value is -1.98. The summed E-state index contributed by atoms with van der Waals surface area (Å²) < 4.78 is 25.2. The first-order valence-corrected chi connectivity index (χ1v) is 14.6. The lowest BCUT2D eigenvalue weighted by Gasteiger charge is -2.37. The zero-order valence-electron chi connectivity index (χ0n) is 20.7. The first-order chi connectivity index (χ1) is 17.0. The normalized spacial score (nSPS) is 19.7. The number of nitrogens with one attached hydrogen (secondary N) is 1. The zero-order chi connectivity index (χ0) is 26.0. The Balaban J connectivity index is 1.34. The predicted octanol–water partition coefficient (Wildman–Crippen LogP) is 3.27. The molecule has 196 valence electrons. The van der Waals surface area contributed by atoms with Crippen molar-refractivity contribution in [3.8, 4) is 0 Å². The van der Waals surface area contributed by atoms with Gasteiger partial charge in [-0.25, -0.2) is 22.7 Å². The number of halogens is 2. The van der Waals surface area contributed by atoms with Crippen LogP contribution in [0, 0.1) is 6.92 Å². The predicted molar refractivity (Wildman–Crippen MR) is 142 cm³/mol. The summed E-state index contributed by atoms with van der Waals surface area (Å²) in [5, 5.41) is 4.25. The van der Waals surface area contributed by atoms with Crippen LogP contribution >= 0.6 is 23.2 Å². The number of likely N-dealkylation sites (tertiary alicyclic amines) is 2. The van der Waals surface area contributed by atoms with E-state index in [-0.39, 0.29) is 11.9 Å². The van der Waals surface area contributed by atoms with Crippen LogP contribution in [0.15, 0.2) is 24.5 Å². The topological polar surface area (TPSA) is 98.7 Å². The molecule has 2 aliphatic rings. The van der Waals surface area contributed by atoms with Gasteiger partial charge in [-0.15, -0.1) is 0 Å². The highest BCUT2D eigenvalue weighted by molar-refractivity contribution is 7.88. The van der Waals surface area contributed by atoms with Crippen LogP contribution in [0.4, 0.5) is 5.82 Å². The number of likely N-dealkylation sites (N-methyl/N-ethyl adjacent to an activating group) is 1. The van der Waals surface area contributed by atoms with Crippen LogP contribution in [-0.4, -0.2) is 90.0 Å². The number of rotatable bonds is 7. The monoisotopic (exact) mass is 554 g/mol. The summed E-state index contributed by atoms with van der Waals surface area (Å²) in [6.45, 7) is 5.23. The van der Waals surface area contributed by atoms with Gasteiger partial charge in [-0.2, -0.15) is 0 Å². The van der Waals surface area contributed by atoms with Crippen molar-refractivity contribution in [3.05, 3.63) is 51.4 Å². The maximum Gasteiger partial charge on any atom is 0.272 e. The average Bonchev–Trinajstić information content (AvgIpc) is 3.34. The molecule has 1 unspecified atom stereocenters. The molecule has 1 N–H and O–H groups in total. The summed E-state index contributed by atoms with van der Waals surface area (Å²) in [6, 6.07) is 5.79. The summed E-state index contributed by atoms with van der Waals surface area (Å²) in [7, 11) is -1.54. The van der Waals surface area contributed by atoms with E-state index in [0.29, 0.717) is 52.8 Å². The van der Waals surface area contributed by atoms with Crippen molar-refractivity contribution in [1.29, 1.82) is 0 Å². The Morgan fingerprint density at radius 1 is 1.14 bits per heavy atom. The van der Waals surface area contributed by atoms with Gasteiger partial charge in [0.25, 0.3) is 5.91 Å². The van der Waals surface area contributed by atoms with E-state index in [2.05, 4.69) is 20.2 Å². The molecule has 1 amide bonds. The van der Waals surface area contributed by atoms with Gasteiger partial charge in [0.15, 0.2) is 0 Å². The quantitative estimate of drug-likeness (QED) is 0.560. The van der Waals surface area contributed by atoms with E-state index in [1.54, 1.807) is 19.2 Å². The maximum absolute atomic E-state index is 13.3. The van der Waals surface area contributed by atoms with Crippen molar-refractivity contribution in [2.45, 2.75) is 44.8 Å². The second-order valence-corrected chi connectivity index (χ2v) is 12.4. The summed E-state index contributed by atoms with van der Waals surface area (Å²) in [6.07, 6.45) is 5.21. The molecule has 0 radical (unpaired) electrons. The maximum atomic E-state index is 13.3. The number of hydrogen-bond donors (Lipinski definition) is 1. The number of anilines is 1. The van der Waals surface area contributed by atoms with E-state index in [1.165, 1.54) is 16.9 Å². The third-order valence-electron chi connectivity index (χ3n) is 7.23. The largest absolute Gasteiger partial charge is 0.366 e. The Kier molecular flexibility index (Phi) is 8.41. The second kappa shape index (κ2) is 11.2. The van der Waals surface area contributed by atoms with Gasteiger partial charge in [-0.3, -0.25) is 9.69 Å². The molecule has 0 spiro atoms. The van der Waals surface area contributed by atoms with E-state index >= 15 is 0 Å². The Morgan fingerprint density at radius 2 is 1.86 bits per heavy atom. The van der Waals surface area contributed by atoms with Crippen molar-refractivity contribution in [2.24, 2.45) is 0 Å². The number of amides is 1. The van der Waals surface area contributed by atoms with Gasteiger partial charge in [0.1, 0.15) is 17.8 Å². The first kappa shape index (κ1) is 27.1. The minimum atomic E-state index is -3.20. The number of aromatic nitrogens is 2. The van der Waals surface area contributed by atoms with Crippen LogP contribution in [0.3, 0.4) is 0 Å². The van der Waals surface area contributed by atoms with E-state index in [1.807, 2.05) is 17.9 Å². The smallest absolute Gasteiger partial charge is 0.272 e. The van der Waals surface area contributed by atoms with Crippen LogP contribution in [0.1, 0.15) is 40.9 Å². The highest BCUT2D eigenvalue weighted by atomic mass is 35.5. The van der Waals surface area contributed by atoms with Gasteiger partial charge in [-0.05, 0) is 43.9 Å². The highest BCUT2D eigenvalue weighted by Gasteiger charge is 2.35. The molecule has 2 aliphatic heterocycles. The lowest BCUT2D eigenvalue weighted by Crippen LogP contribution is -2.47. The summed E-state index contributed by atoms with van der Waals surface area (Å²) >= 11 is 12.1. The third-order valence-corrected chi connectivity index (χ3v) is 9.31. The van der Waals surface area contributed by atoms with Crippen LogP contribution < -0.4 is 5.32 Å². The number of hydrogen-bond acceptors (Lipinski definition) is 7. The standard InChI is InChI=1S/C24H32Cl2N6O3S/c1-16-22(28-15-29-23(16)27-13-17-4-5-20(25)21(26)12-17)24(33)31-9-6-18(7-10-31)32-11-8-19(14-32)30(2)36(3,34)35/h4-5,12,15,18-19H,6-11,13-14H2,1-3H3,(H,27,28,29). The number of sulfonamides is 1. The van der Waals surface area contributed by atoms with Gasteiger partial charge in [0, 0.05) is 57.4 Å². The zero-order valence-corrected chi connectivity index (χ0v) is 23.1.